The van der Waals surface area contributed by atoms with Gasteiger partial charge in [0.25, 0.3) is 0 Å². The van der Waals surface area contributed by atoms with E-state index < -0.39 is 0 Å². The van der Waals surface area contributed by atoms with Crippen LogP contribution in [0.4, 0.5) is 0 Å². The number of para-hydroxylation sites is 1. The zero-order valence-electron chi connectivity index (χ0n) is 9.42. The van der Waals surface area contributed by atoms with Crippen LogP contribution in [0.5, 0.6) is 5.88 Å². The molecule has 18 heavy (non-hydrogen) atoms. The van der Waals surface area contributed by atoms with E-state index in [1.807, 2.05) is 30.3 Å². The highest BCUT2D eigenvalue weighted by atomic mass is 16.5. The maximum Gasteiger partial charge on any atom is 0.229 e. The summed E-state index contributed by atoms with van der Waals surface area (Å²) < 4.78 is 5.68. The lowest BCUT2D eigenvalue weighted by molar-refractivity contribution is 0.437. The predicted octanol–water partition coefficient (Wildman–Crippen LogP) is 3.09. The van der Waals surface area contributed by atoms with E-state index in [1.54, 1.807) is 12.4 Å². The molecule has 2 aromatic rings. The molecule has 2 aliphatic rings. The Kier molecular flexibility index (Phi) is 1.79. The molecule has 0 aliphatic carbocycles. The summed E-state index contributed by atoms with van der Waals surface area (Å²) in [5, 5.41) is 1.09. The Morgan fingerprint density at radius 3 is 3.11 bits per heavy atom. The van der Waals surface area contributed by atoms with E-state index in [1.165, 1.54) is 0 Å². The minimum absolute atomic E-state index is 0.602. The van der Waals surface area contributed by atoms with Crippen LogP contribution in [-0.2, 0) is 0 Å². The first-order valence-electron chi connectivity index (χ1n) is 5.69. The van der Waals surface area contributed by atoms with Gasteiger partial charge in [0.1, 0.15) is 0 Å². The molecule has 2 bridgehead atoms. The summed E-state index contributed by atoms with van der Waals surface area (Å²) in [4.78, 5) is 8.63. The Labute approximate surface area is 103 Å². The SMILES string of the molecule is C1=C2C=NC=CC=1c1cc3ccccc3nc1O2. The number of hydrogen-bond donors (Lipinski definition) is 0. The Bertz CT molecular complexity index is 793. The Balaban J connectivity index is 2.05. The van der Waals surface area contributed by atoms with Crippen LogP contribution < -0.4 is 4.74 Å². The van der Waals surface area contributed by atoms with E-state index in [9.17, 15) is 0 Å². The number of nitrogens with zero attached hydrogens (tertiary/aromatic N) is 2. The molecule has 0 amide bonds. The average Bonchev–Trinajstić information content (AvgIpc) is 2.60. The maximum atomic E-state index is 5.68. The molecule has 0 N–H and O–H groups in total. The average molecular weight is 232 g/mol. The van der Waals surface area contributed by atoms with Crippen LogP contribution >= 0.6 is 0 Å². The minimum atomic E-state index is 0.602. The summed E-state index contributed by atoms with van der Waals surface area (Å²) in [7, 11) is 0. The first-order chi connectivity index (χ1) is 8.90. The van der Waals surface area contributed by atoms with Crippen molar-refractivity contribution in [2.24, 2.45) is 4.99 Å². The molecule has 0 unspecified atom stereocenters. The van der Waals surface area contributed by atoms with Crippen LogP contribution in [0.2, 0.25) is 0 Å². The number of allylic oxidation sites excluding steroid dienone is 2. The summed E-state index contributed by atoms with van der Waals surface area (Å²) in [6.07, 6.45) is 5.30. The standard InChI is InChI=1S/C15H8N2O/c1-2-4-14-11(3-1)8-13-10-5-6-16-9-12(7-10)18-15(13)17-14/h1-6,8-9H. The molecule has 3 nitrogen and oxygen atoms in total. The second-order valence-electron chi connectivity index (χ2n) is 4.13. The van der Waals surface area contributed by atoms with Crippen LogP contribution in [0.15, 0.2) is 59.1 Å². The Morgan fingerprint density at radius 2 is 2.11 bits per heavy atom. The van der Waals surface area contributed by atoms with Crippen LogP contribution in [0, 0.1) is 0 Å². The number of rotatable bonds is 0. The molecule has 1 aromatic heterocycles. The van der Waals surface area contributed by atoms with Crippen molar-refractivity contribution in [1.82, 2.24) is 4.98 Å². The second-order valence-corrected chi connectivity index (χ2v) is 4.13. The lowest BCUT2D eigenvalue weighted by atomic mass is 10.0. The molecule has 4 rings (SSSR count). The smallest absolute Gasteiger partial charge is 0.229 e. The van der Waals surface area contributed by atoms with Gasteiger partial charge in [-0.05, 0) is 18.2 Å². The van der Waals surface area contributed by atoms with E-state index in [2.05, 4.69) is 21.8 Å². The number of benzene rings is 1. The number of pyridine rings is 1. The molecule has 0 spiro atoms. The van der Waals surface area contributed by atoms with Crippen molar-refractivity contribution in [3.8, 4) is 5.88 Å². The fourth-order valence-electron chi connectivity index (χ4n) is 2.12. The Morgan fingerprint density at radius 1 is 1.17 bits per heavy atom. The first kappa shape index (κ1) is 9.40. The van der Waals surface area contributed by atoms with E-state index in [4.69, 9.17) is 4.74 Å². The lowest BCUT2D eigenvalue weighted by Crippen LogP contribution is -2.04. The molecule has 3 heterocycles. The zero-order valence-corrected chi connectivity index (χ0v) is 9.42. The number of hydrogen-bond acceptors (Lipinski definition) is 3. The van der Waals surface area contributed by atoms with Crippen molar-refractivity contribution in [3.63, 3.8) is 0 Å². The highest BCUT2D eigenvalue weighted by molar-refractivity contribution is 5.91. The molecule has 0 saturated carbocycles. The molecule has 0 atom stereocenters. The third-order valence-corrected chi connectivity index (χ3v) is 2.96. The van der Waals surface area contributed by atoms with Crippen molar-refractivity contribution in [2.75, 3.05) is 0 Å². The molecular weight excluding hydrogens is 224 g/mol. The normalized spacial score (nSPS) is 15.6. The van der Waals surface area contributed by atoms with Gasteiger partial charge in [0.15, 0.2) is 5.76 Å². The van der Waals surface area contributed by atoms with Gasteiger partial charge >= 0.3 is 0 Å². The molecule has 1 aromatic carbocycles. The van der Waals surface area contributed by atoms with E-state index in [0.29, 0.717) is 11.6 Å². The van der Waals surface area contributed by atoms with Gasteiger partial charge in [-0.25, -0.2) is 4.98 Å². The fourth-order valence-corrected chi connectivity index (χ4v) is 2.12. The summed E-state index contributed by atoms with van der Waals surface area (Å²) in [6.45, 7) is 0. The summed E-state index contributed by atoms with van der Waals surface area (Å²) in [5.74, 6) is 1.22. The number of ether oxygens (including phenoxy) is 1. The summed E-state index contributed by atoms with van der Waals surface area (Å²) in [5.41, 5.74) is 6.02. The third kappa shape index (κ3) is 1.32. The van der Waals surface area contributed by atoms with Gasteiger partial charge < -0.3 is 4.74 Å². The molecule has 84 valence electrons. The van der Waals surface area contributed by atoms with Gasteiger partial charge in [-0.1, -0.05) is 23.9 Å². The number of fused-ring (bicyclic) bond motifs is 3. The maximum absolute atomic E-state index is 5.68. The molecule has 3 heteroatoms. The first-order valence-corrected chi connectivity index (χ1v) is 5.69. The third-order valence-electron chi connectivity index (χ3n) is 2.96. The van der Waals surface area contributed by atoms with Crippen LogP contribution in [0.3, 0.4) is 0 Å². The van der Waals surface area contributed by atoms with Crippen molar-refractivity contribution < 1.29 is 4.74 Å². The highest BCUT2D eigenvalue weighted by Crippen LogP contribution is 2.33. The highest BCUT2D eigenvalue weighted by Gasteiger charge is 2.17. The van der Waals surface area contributed by atoms with Gasteiger partial charge in [0.2, 0.25) is 5.88 Å². The van der Waals surface area contributed by atoms with Crippen LogP contribution in [0.25, 0.3) is 16.5 Å². The van der Waals surface area contributed by atoms with Crippen molar-refractivity contribution in [2.45, 2.75) is 0 Å². The van der Waals surface area contributed by atoms with Gasteiger partial charge in [0.05, 0.1) is 17.3 Å². The molecule has 0 fully saturated rings. The number of aliphatic imine (C=N–C) groups is 1. The van der Waals surface area contributed by atoms with Gasteiger partial charge in [-0.15, -0.1) is 0 Å². The molecule has 2 aliphatic heterocycles. The minimum Gasteiger partial charge on any atom is -0.428 e. The fraction of sp³-hybridized carbons (Fsp3) is 0. The van der Waals surface area contributed by atoms with Crippen molar-refractivity contribution >= 4 is 22.7 Å². The largest absolute Gasteiger partial charge is 0.428 e. The van der Waals surface area contributed by atoms with Gasteiger partial charge in [0, 0.05) is 17.2 Å². The lowest BCUT2D eigenvalue weighted by Gasteiger charge is -2.13. The number of aromatic nitrogens is 1. The summed E-state index contributed by atoms with van der Waals surface area (Å²) in [6, 6.07) is 10.1. The second kappa shape index (κ2) is 3.42. The van der Waals surface area contributed by atoms with Crippen molar-refractivity contribution in [3.05, 3.63) is 59.7 Å². The molecule has 0 saturated heterocycles. The van der Waals surface area contributed by atoms with Gasteiger partial charge in [-0.3, -0.25) is 4.99 Å². The zero-order chi connectivity index (χ0) is 11.9. The van der Waals surface area contributed by atoms with E-state index >= 15 is 0 Å². The van der Waals surface area contributed by atoms with E-state index in [-0.39, 0.29) is 0 Å². The summed E-state index contributed by atoms with van der Waals surface area (Å²) >= 11 is 0. The van der Waals surface area contributed by atoms with E-state index in [0.717, 1.165) is 22.0 Å². The monoisotopic (exact) mass is 232 g/mol. The van der Waals surface area contributed by atoms with Crippen LogP contribution in [0.1, 0.15) is 5.56 Å². The Hall–Kier alpha value is -2.64. The topological polar surface area (TPSA) is 34.5 Å². The molecule has 0 radical (unpaired) electrons. The quantitative estimate of drug-likeness (QED) is 0.654. The molecular formula is C15H8N2O. The van der Waals surface area contributed by atoms with Gasteiger partial charge in [-0.2, -0.15) is 0 Å². The van der Waals surface area contributed by atoms with Crippen LogP contribution in [-0.4, -0.2) is 11.2 Å². The van der Waals surface area contributed by atoms with Crippen molar-refractivity contribution in [1.29, 1.82) is 0 Å². The predicted molar refractivity (Wildman–Crippen MR) is 70.4 cm³/mol.